The first-order valence-corrected chi connectivity index (χ1v) is 6.75. The molecule has 0 aromatic heterocycles. The van der Waals surface area contributed by atoms with Gasteiger partial charge in [0.25, 0.3) is 0 Å². The van der Waals surface area contributed by atoms with Gasteiger partial charge < -0.3 is 14.8 Å². The summed E-state index contributed by atoms with van der Waals surface area (Å²) in [7, 11) is 0. The van der Waals surface area contributed by atoms with Gasteiger partial charge in [0.1, 0.15) is 12.7 Å². The predicted octanol–water partition coefficient (Wildman–Crippen LogP) is 2.35. The molecule has 6 heteroatoms. The van der Waals surface area contributed by atoms with Crippen LogP contribution >= 0.6 is 11.6 Å². The monoisotopic (exact) mass is 294 g/mol. The molecule has 1 atom stereocenters. The molecule has 2 rings (SSSR count). The minimum atomic E-state index is -0.260. The average Bonchev–Trinajstić information content (AvgIpc) is 2.92. The Morgan fingerprint density at radius 3 is 3.10 bits per heavy atom. The second-order valence-electron chi connectivity index (χ2n) is 4.50. The van der Waals surface area contributed by atoms with Gasteiger partial charge in [0.05, 0.1) is 23.3 Å². The van der Waals surface area contributed by atoms with Gasteiger partial charge in [-0.1, -0.05) is 11.6 Å². The molecule has 1 amide bonds. The summed E-state index contributed by atoms with van der Waals surface area (Å²) >= 11 is 5.88. The average molecular weight is 295 g/mol. The van der Waals surface area contributed by atoms with E-state index in [1.807, 2.05) is 6.07 Å². The zero-order valence-electron chi connectivity index (χ0n) is 10.9. The van der Waals surface area contributed by atoms with Crippen LogP contribution in [0.3, 0.4) is 0 Å². The number of nitriles is 1. The molecule has 0 spiro atoms. The number of ether oxygens (including phenoxy) is 2. The Kier molecular flexibility index (Phi) is 5.36. The lowest BCUT2D eigenvalue weighted by Crippen LogP contribution is -2.22. The summed E-state index contributed by atoms with van der Waals surface area (Å²) in [4.78, 5) is 11.7. The lowest BCUT2D eigenvalue weighted by atomic mass is 10.2. The summed E-state index contributed by atoms with van der Waals surface area (Å²) in [6, 6.07) is 6.69. The molecule has 1 aromatic rings. The smallest absolute Gasteiger partial charge is 0.250 e. The van der Waals surface area contributed by atoms with Crippen LogP contribution in [0.15, 0.2) is 18.2 Å². The maximum atomic E-state index is 11.7. The Labute approximate surface area is 122 Å². The number of carbonyl (C=O) groups excluding carboxylic acids is 1. The summed E-state index contributed by atoms with van der Waals surface area (Å²) in [6.07, 6.45) is 2.13. The van der Waals surface area contributed by atoms with E-state index in [4.69, 9.17) is 26.3 Å². The third-order valence-electron chi connectivity index (χ3n) is 2.93. The molecule has 1 heterocycles. The van der Waals surface area contributed by atoms with Crippen molar-refractivity contribution < 1.29 is 14.3 Å². The Hall–Kier alpha value is -1.61. The van der Waals surface area contributed by atoms with Gasteiger partial charge in [-0.15, -0.1) is 0 Å². The second-order valence-corrected chi connectivity index (χ2v) is 4.91. The molecule has 1 unspecified atom stereocenters. The fourth-order valence-corrected chi connectivity index (χ4v) is 2.16. The minimum Gasteiger partial charge on any atom is -0.376 e. The lowest BCUT2D eigenvalue weighted by molar-refractivity contribution is -0.121. The number of hydrogen-bond donors (Lipinski definition) is 1. The van der Waals surface area contributed by atoms with Crippen LogP contribution in [0.1, 0.15) is 18.4 Å². The molecule has 0 aliphatic carbocycles. The molecule has 5 nitrogen and oxygen atoms in total. The molecule has 1 N–H and O–H groups in total. The van der Waals surface area contributed by atoms with Crippen LogP contribution in [-0.4, -0.2) is 31.8 Å². The molecule has 1 fully saturated rings. The van der Waals surface area contributed by atoms with Crippen LogP contribution in [0.4, 0.5) is 5.69 Å². The highest BCUT2D eigenvalue weighted by molar-refractivity contribution is 6.32. The van der Waals surface area contributed by atoms with Crippen molar-refractivity contribution in [2.75, 3.05) is 25.1 Å². The molecule has 0 bridgehead atoms. The summed E-state index contributed by atoms with van der Waals surface area (Å²) in [5.41, 5.74) is 0.916. The molecule has 1 aliphatic rings. The number of halogens is 1. The number of nitrogens with zero attached hydrogens (tertiary/aromatic N) is 1. The Balaban J connectivity index is 1.76. The summed E-state index contributed by atoms with van der Waals surface area (Å²) < 4.78 is 10.7. The van der Waals surface area contributed by atoms with Gasteiger partial charge in [0.15, 0.2) is 0 Å². The minimum absolute atomic E-state index is 0.0303. The summed E-state index contributed by atoms with van der Waals surface area (Å²) in [5.74, 6) is -0.260. The maximum Gasteiger partial charge on any atom is 0.250 e. The van der Waals surface area contributed by atoms with Crippen molar-refractivity contribution in [1.82, 2.24) is 0 Å². The van der Waals surface area contributed by atoms with Crippen molar-refractivity contribution in [3.05, 3.63) is 28.8 Å². The van der Waals surface area contributed by atoms with Crippen LogP contribution in [-0.2, 0) is 14.3 Å². The van der Waals surface area contributed by atoms with Gasteiger partial charge in [-0.3, -0.25) is 4.79 Å². The molecule has 106 valence electrons. The van der Waals surface area contributed by atoms with Crippen LogP contribution in [0.5, 0.6) is 0 Å². The van der Waals surface area contributed by atoms with E-state index >= 15 is 0 Å². The summed E-state index contributed by atoms with van der Waals surface area (Å²) in [6.45, 7) is 1.17. The molecule has 20 heavy (non-hydrogen) atoms. The van der Waals surface area contributed by atoms with E-state index in [2.05, 4.69) is 5.32 Å². The topological polar surface area (TPSA) is 71.4 Å². The second kappa shape index (κ2) is 7.25. The van der Waals surface area contributed by atoms with Crippen molar-refractivity contribution in [2.24, 2.45) is 0 Å². The first-order valence-electron chi connectivity index (χ1n) is 6.38. The van der Waals surface area contributed by atoms with Gasteiger partial charge in [-0.2, -0.15) is 5.26 Å². The van der Waals surface area contributed by atoms with Gasteiger partial charge in [-0.25, -0.2) is 0 Å². The molecule has 1 saturated heterocycles. The largest absolute Gasteiger partial charge is 0.376 e. The summed E-state index contributed by atoms with van der Waals surface area (Å²) in [5, 5.41) is 11.7. The van der Waals surface area contributed by atoms with Gasteiger partial charge in [0.2, 0.25) is 5.91 Å². The number of rotatable bonds is 5. The van der Waals surface area contributed by atoms with E-state index in [1.54, 1.807) is 12.1 Å². The van der Waals surface area contributed by atoms with Gasteiger partial charge in [0, 0.05) is 12.3 Å². The van der Waals surface area contributed by atoms with E-state index in [0.717, 1.165) is 19.4 Å². The maximum absolute atomic E-state index is 11.7. The van der Waals surface area contributed by atoms with Crippen LogP contribution < -0.4 is 5.32 Å². The third kappa shape index (κ3) is 4.20. The van der Waals surface area contributed by atoms with Crippen LogP contribution in [0.25, 0.3) is 0 Å². The number of nitrogens with one attached hydrogen (secondary N) is 1. The van der Waals surface area contributed by atoms with E-state index in [-0.39, 0.29) is 18.6 Å². The molecule has 1 aromatic carbocycles. The number of benzene rings is 1. The standard InChI is InChI=1S/C14H15ClN2O3/c15-13-6-11(4-3-10(13)7-16)17-14(18)9-19-8-12-2-1-5-20-12/h3-4,6,12H,1-2,5,8-9H2,(H,17,18). The zero-order valence-corrected chi connectivity index (χ0v) is 11.7. The lowest BCUT2D eigenvalue weighted by Gasteiger charge is -2.10. The highest BCUT2D eigenvalue weighted by Gasteiger charge is 2.16. The van der Waals surface area contributed by atoms with E-state index < -0.39 is 0 Å². The van der Waals surface area contributed by atoms with Crippen molar-refractivity contribution in [1.29, 1.82) is 5.26 Å². The quantitative estimate of drug-likeness (QED) is 0.905. The third-order valence-corrected chi connectivity index (χ3v) is 3.25. The van der Waals surface area contributed by atoms with Crippen LogP contribution in [0.2, 0.25) is 5.02 Å². The fourth-order valence-electron chi connectivity index (χ4n) is 1.94. The van der Waals surface area contributed by atoms with Crippen molar-refractivity contribution in [3.63, 3.8) is 0 Å². The molecular weight excluding hydrogens is 280 g/mol. The number of amides is 1. The van der Waals surface area contributed by atoms with E-state index in [0.29, 0.717) is 22.9 Å². The van der Waals surface area contributed by atoms with Crippen molar-refractivity contribution in [2.45, 2.75) is 18.9 Å². The van der Waals surface area contributed by atoms with Gasteiger partial charge in [-0.05, 0) is 31.0 Å². The van der Waals surface area contributed by atoms with Gasteiger partial charge >= 0.3 is 0 Å². The van der Waals surface area contributed by atoms with Crippen LogP contribution in [0, 0.1) is 11.3 Å². The van der Waals surface area contributed by atoms with E-state index in [1.165, 1.54) is 6.07 Å². The Morgan fingerprint density at radius 1 is 1.60 bits per heavy atom. The molecule has 0 saturated carbocycles. The first-order chi connectivity index (χ1) is 9.69. The Morgan fingerprint density at radius 2 is 2.45 bits per heavy atom. The van der Waals surface area contributed by atoms with Crippen molar-refractivity contribution >= 4 is 23.2 Å². The van der Waals surface area contributed by atoms with Crippen molar-refractivity contribution in [3.8, 4) is 6.07 Å². The molecule has 1 aliphatic heterocycles. The SMILES string of the molecule is N#Cc1ccc(NC(=O)COCC2CCCO2)cc1Cl. The fraction of sp³-hybridized carbons (Fsp3) is 0.429. The highest BCUT2D eigenvalue weighted by Crippen LogP contribution is 2.20. The zero-order chi connectivity index (χ0) is 14.4. The molecular formula is C14H15ClN2O3. The normalized spacial score (nSPS) is 17.7. The first kappa shape index (κ1) is 14.8. The van der Waals surface area contributed by atoms with E-state index in [9.17, 15) is 4.79 Å². The highest BCUT2D eigenvalue weighted by atomic mass is 35.5. The molecule has 0 radical (unpaired) electrons. The number of hydrogen-bond acceptors (Lipinski definition) is 4. The number of anilines is 1. The number of carbonyl (C=O) groups is 1. The predicted molar refractivity (Wildman–Crippen MR) is 74.6 cm³/mol. The Bertz CT molecular complexity index is 522.